The van der Waals surface area contributed by atoms with Gasteiger partial charge < -0.3 is 4.74 Å². The van der Waals surface area contributed by atoms with E-state index in [0.29, 0.717) is 11.3 Å². The molecule has 0 spiro atoms. The van der Waals surface area contributed by atoms with E-state index in [9.17, 15) is 9.59 Å². The zero-order chi connectivity index (χ0) is 15.7. The predicted molar refractivity (Wildman–Crippen MR) is 85.6 cm³/mol. The van der Waals surface area contributed by atoms with Crippen LogP contribution in [0.1, 0.15) is 28.4 Å². The molecule has 0 saturated heterocycles. The summed E-state index contributed by atoms with van der Waals surface area (Å²) in [5.41, 5.74) is 3.20. The summed E-state index contributed by atoms with van der Waals surface area (Å²) in [6.45, 7) is 1.53. The van der Waals surface area contributed by atoms with Gasteiger partial charge in [-0.2, -0.15) is 0 Å². The molecule has 0 radical (unpaired) electrons. The van der Waals surface area contributed by atoms with Gasteiger partial charge in [0.05, 0.1) is 5.69 Å². The second kappa shape index (κ2) is 5.48. The van der Waals surface area contributed by atoms with E-state index in [1.54, 1.807) is 25.3 Å². The van der Waals surface area contributed by atoms with Crippen LogP contribution in [0, 0.1) is 0 Å². The Hall–Kier alpha value is -2.88. The van der Waals surface area contributed by atoms with E-state index in [2.05, 4.69) is 0 Å². The van der Waals surface area contributed by atoms with Crippen molar-refractivity contribution in [2.75, 3.05) is 11.9 Å². The molecular weight excluding hydrogens is 278 g/mol. The SMILES string of the molecule is CC(=O)c1ccc(/C=C2\OC(=O)N(C)c3ccccc32)cc1. The molecule has 1 amide bonds. The highest BCUT2D eigenvalue weighted by molar-refractivity contribution is 6.01. The van der Waals surface area contributed by atoms with E-state index in [-0.39, 0.29) is 5.78 Å². The van der Waals surface area contributed by atoms with Crippen molar-refractivity contribution in [3.05, 3.63) is 65.2 Å². The Kier molecular flexibility index (Phi) is 3.51. The molecule has 4 heteroatoms. The van der Waals surface area contributed by atoms with Crippen LogP contribution in [0.5, 0.6) is 0 Å². The fourth-order valence-corrected chi connectivity index (χ4v) is 2.36. The van der Waals surface area contributed by atoms with Crippen LogP contribution in [0.3, 0.4) is 0 Å². The molecule has 1 aliphatic heterocycles. The lowest BCUT2D eigenvalue weighted by Gasteiger charge is -2.26. The standard InChI is InChI=1S/C18H15NO3/c1-12(20)14-9-7-13(8-10-14)11-17-15-5-3-4-6-16(15)19(2)18(21)22-17/h3-11H,1-2H3/b17-11-. The van der Waals surface area contributed by atoms with Crippen LogP contribution in [0.4, 0.5) is 10.5 Å². The first-order valence-electron chi connectivity index (χ1n) is 6.94. The van der Waals surface area contributed by atoms with Gasteiger partial charge in [-0.1, -0.05) is 36.4 Å². The quantitative estimate of drug-likeness (QED) is 0.787. The molecule has 0 atom stereocenters. The van der Waals surface area contributed by atoms with Gasteiger partial charge in [-0.25, -0.2) is 4.79 Å². The van der Waals surface area contributed by atoms with Gasteiger partial charge in [-0.05, 0) is 30.7 Å². The van der Waals surface area contributed by atoms with Gasteiger partial charge >= 0.3 is 6.09 Å². The Bertz CT molecular complexity index is 775. The zero-order valence-electron chi connectivity index (χ0n) is 12.4. The Labute approximate surface area is 128 Å². The lowest BCUT2D eigenvalue weighted by Crippen LogP contribution is -2.31. The van der Waals surface area contributed by atoms with Crippen LogP contribution in [-0.2, 0) is 4.74 Å². The third kappa shape index (κ3) is 2.51. The summed E-state index contributed by atoms with van der Waals surface area (Å²) in [5.74, 6) is 0.532. The van der Waals surface area contributed by atoms with Crippen LogP contribution in [0.15, 0.2) is 48.5 Å². The molecule has 3 rings (SSSR count). The van der Waals surface area contributed by atoms with Crippen LogP contribution in [-0.4, -0.2) is 18.9 Å². The fourth-order valence-electron chi connectivity index (χ4n) is 2.36. The first kappa shape index (κ1) is 14.1. The largest absolute Gasteiger partial charge is 0.419 e. The number of ketones is 1. The van der Waals surface area contributed by atoms with Crippen LogP contribution >= 0.6 is 0 Å². The molecule has 1 aliphatic rings. The third-order valence-corrected chi connectivity index (χ3v) is 3.62. The number of carbonyl (C=O) groups excluding carboxylic acids is 2. The molecule has 0 fully saturated rings. The number of Topliss-reactive ketones (excluding diaryl/α,β-unsaturated/α-hetero) is 1. The van der Waals surface area contributed by atoms with Crippen molar-refractivity contribution in [1.29, 1.82) is 0 Å². The number of carbonyl (C=O) groups is 2. The van der Waals surface area contributed by atoms with Crippen molar-refractivity contribution in [3.63, 3.8) is 0 Å². The Morgan fingerprint density at radius 1 is 1.09 bits per heavy atom. The smallest absolute Gasteiger partial charge is 0.409 e. The van der Waals surface area contributed by atoms with Crippen molar-refractivity contribution in [2.45, 2.75) is 6.92 Å². The minimum Gasteiger partial charge on any atom is -0.409 e. The maximum Gasteiger partial charge on any atom is 0.419 e. The van der Waals surface area contributed by atoms with E-state index in [1.807, 2.05) is 36.4 Å². The lowest BCUT2D eigenvalue weighted by molar-refractivity contribution is 0.101. The Morgan fingerprint density at radius 3 is 2.45 bits per heavy atom. The Balaban J connectivity index is 2.02. The number of hydrogen-bond donors (Lipinski definition) is 0. The van der Waals surface area contributed by atoms with E-state index in [4.69, 9.17) is 4.74 Å². The number of cyclic esters (lactones) is 1. The number of amides is 1. The molecule has 0 saturated carbocycles. The van der Waals surface area contributed by atoms with Crippen molar-refractivity contribution < 1.29 is 14.3 Å². The van der Waals surface area contributed by atoms with Gasteiger partial charge in [-0.3, -0.25) is 9.69 Å². The molecule has 0 aliphatic carbocycles. The van der Waals surface area contributed by atoms with Crippen molar-refractivity contribution >= 4 is 29.4 Å². The third-order valence-electron chi connectivity index (χ3n) is 3.62. The normalized spacial score (nSPS) is 15.5. The monoisotopic (exact) mass is 293 g/mol. The van der Waals surface area contributed by atoms with Gasteiger partial charge in [0.15, 0.2) is 5.78 Å². The molecule has 110 valence electrons. The van der Waals surface area contributed by atoms with Gasteiger partial charge in [0.2, 0.25) is 0 Å². The molecule has 1 heterocycles. The van der Waals surface area contributed by atoms with E-state index in [1.165, 1.54) is 11.8 Å². The molecule has 0 N–H and O–H groups in total. The van der Waals surface area contributed by atoms with Crippen molar-refractivity contribution in [2.24, 2.45) is 0 Å². The minimum absolute atomic E-state index is 0.0234. The lowest BCUT2D eigenvalue weighted by atomic mass is 10.0. The second-order valence-corrected chi connectivity index (χ2v) is 5.13. The summed E-state index contributed by atoms with van der Waals surface area (Å²) >= 11 is 0. The van der Waals surface area contributed by atoms with Crippen LogP contribution < -0.4 is 4.90 Å². The molecule has 22 heavy (non-hydrogen) atoms. The predicted octanol–water partition coefficient (Wildman–Crippen LogP) is 3.97. The summed E-state index contributed by atoms with van der Waals surface area (Å²) in [7, 11) is 1.68. The van der Waals surface area contributed by atoms with E-state index >= 15 is 0 Å². The molecule has 2 aromatic rings. The number of benzene rings is 2. The molecular formula is C18H15NO3. The van der Waals surface area contributed by atoms with E-state index < -0.39 is 6.09 Å². The van der Waals surface area contributed by atoms with Gasteiger partial charge in [0.1, 0.15) is 5.76 Å². The number of rotatable bonds is 2. The number of nitrogens with zero attached hydrogens (tertiary/aromatic N) is 1. The van der Waals surface area contributed by atoms with Crippen LogP contribution in [0.25, 0.3) is 11.8 Å². The maximum atomic E-state index is 11.9. The van der Waals surface area contributed by atoms with Crippen LogP contribution in [0.2, 0.25) is 0 Å². The molecule has 0 unspecified atom stereocenters. The topological polar surface area (TPSA) is 46.6 Å². The minimum atomic E-state index is -0.412. The highest BCUT2D eigenvalue weighted by Crippen LogP contribution is 2.34. The number of anilines is 1. The first-order chi connectivity index (χ1) is 10.6. The molecule has 4 nitrogen and oxygen atoms in total. The number of hydrogen-bond acceptors (Lipinski definition) is 3. The van der Waals surface area contributed by atoms with Crippen molar-refractivity contribution in [1.82, 2.24) is 0 Å². The summed E-state index contributed by atoms with van der Waals surface area (Å²) in [4.78, 5) is 24.7. The summed E-state index contributed by atoms with van der Waals surface area (Å²) in [5, 5.41) is 0. The maximum absolute atomic E-state index is 11.9. The highest BCUT2D eigenvalue weighted by Gasteiger charge is 2.25. The first-order valence-corrected chi connectivity index (χ1v) is 6.94. The number of para-hydroxylation sites is 1. The molecule has 0 aromatic heterocycles. The summed E-state index contributed by atoms with van der Waals surface area (Å²) in [6, 6.07) is 14.8. The number of ether oxygens (including phenoxy) is 1. The number of fused-ring (bicyclic) bond motifs is 1. The molecule has 0 bridgehead atoms. The average molecular weight is 293 g/mol. The van der Waals surface area contributed by atoms with Gasteiger partial charge in [0, 0.05) is 18.2 Å². The molecule has 2 aromatic carbocycles. The van der Waals surface area contributed by atoms with E-state index in [0.717, 1.165) is 16.8 Å². The average Bonchev–Trinajstić information content (AvgIpc) is 2.53. The van der Waals surface area contributed by atoms with Gasteiger partial charge in [-0.15, -0.1) is 0 Å². The zero-order valence-corrected chi connectivity index (χ0v) is 12.4. The van der Waals surface area contributed by atoms with Gasteiger partial charge in [0.25, 0.3) is 0 Å². The fraction of sp³-hybridized carbons (Fsp3) is 0.111. The summed E-state index contributed by atoms with van der Waals surface area (Å²) in [6.07, 6.45) is 1.39. The highest BCUT2D eigenvalue weighted by atomic mass is 16.6. The van der Waals surface area contributed by atoms with Crippen molar-refractivity contribution in [3.8, 4) is 0 Å². The summed E-state index contributed by atoms with van der Waals surface area (Å²) < 4.78 is 5.39. The Morgan fingerprint density at radius 2 is 1.77 bits per heavy atom. The second-order valence-electron chi connectivity index (χ2n) is 5.13.